The van der Waals surface area contributed by atoms with Gasteiger partial charge in [-0.05, 0) is 30.3 Å². The molecule has 0 saturated carbocycles. The van der Waals surface area contributed by atoms with Crippen LogP contribution < -0.4 is 15.8 Å². The van der Waals surface area contributed by atoms with Crippen molar-refractivity contribution in [2.45, 2.75) is 0 Å². The van der Waals surface area contributed by atoms with Gasteiger partial charge in [-0.25, -0.2) is 0 Å². The molecule has 0 aromatic heterocycles. The van der Waals surface area contributed by atoms with Crippen LogP contribution in [-0.2, 0) is 4.79 Å². The van der Waals surface area contributed by atoms with E-state index in [0.717, 1.165) is 0 Å². The Morgan fingerprint density at radius 2 is 1.95 bits per heavy atom. The van der Waals surface area contributed by atoms with Gasteiger partial charge in [0.1, 0.15) is 5.75 Å². The normalized spacial score (nSPS) is 10.1. The number of rotatable bonds is 4. The molecule has 2 aromatic carbocycles. The number of nitrogens with one attached hydrogen (secondary N) is 1. The lowest BCUT2D eigenvalue weighted by Crippen LogP contribution is -2.20. The highest BCUT2D eigenvalue weighted by atomic mass is 35.5. The van der Waals surface area contributed by atoms with Crippen molar-refractivity contribution in [3.63, 3.8) is 0 Å². The van der Waals surface area contributed by atoms with Crippen LogP contribution in [0.1, 0.15) is 0 Å². The number of amides is 1. The number of halogens is 2. The van der Waals surface area contributed by atoms with E-state index in [2.05, 4.69) is 5.32 Å². The van der Waals surface area contributed by atoms with Gasteiger partial charge < -0.3 is 15.8 Å². The first kappa shape index (κ1) is 14.5. The largest absolute Gasteiger partial charge is 0.482 e. The Bertz CT molecular complexity index is 632. The van der Waals surface area contributed by atoms with Crippen LogP contribution in [0, 0.1) is 0 Å². The fraction of sp³-hybridized carbons (Fsp3) is 0.0714. The molecule has 20 heavy (non-hydrogen) atoms. The van der Waals surface area contributed by atoms with Gasteiger partial charge in [-0.1, -0.05) is 35.3 Å². The average Bonchev–Trinajstić information content (AvgIpc) is 2.40. The summed E-state index contributed by atoms with van der Waals surface area (Å²) in [4.78, 5) is 11.8. The van der Waals surface area contributed by atoms with E-state index in [4.69, 9.17) is 33.7 Å². The lowest BCUT2D eigenvalue weighted by molar-refractivity contribution is -0.118. The van der Waals surface area contributed by atoms with E-state index in [1.54, 1.807) is 42.5 Å². The second kappa shape index (κ2) is 6.50. The first-order valence-electron chi connectivity index (χ1n) is 5.78. The van der Waals surface area contributed by atoms with Crippen molar-refractivity contribution in [3.05, 3.63) is 52.5 Å². The summed E-state index contributed by atoms with van der Waals surface area (Å²) >= 11 is 11.7. The fourth-order valence-corrected chi connectivity index (χ4v) is 2.00. The average molecular weight is 311 g/mol. The van der Waals surface area contributed by atoms with Gasteiger partial charge in [0.05, 0.1) is 16.4 Å². The van der Waals surface area contributed by atoms with Crippen LogP contribution >= 0.6 is 23.2 Å². The van der Waals surface area contributed by atoms with Gasteiger partial charge in [0, 0.05) is 5.02 Å². The number of para-hydroxylation sites is 2. The molecule has 0 fully saturated rings. The molecule has 104 valence electrons. The van der Waals surface area contributed by atoms with Crippen LogP contribution in [0.5, 0.6) is 5.75 Å². The molecule has 6 heteroatoms. The molecular formula is C14H12Cl2N2O2. The molecule has 2 rings (SSSR count). The lowest BCUT2D eigenvalue weighted by atomic mass is 10.3. The molecule has 0 radical (unpaired) electrons. The third-order valence-electron chi connectivity index (χ3n) is 2.49. The van der Waals surface area contributed by atoms with E-state index in [1.807, 2.05) is 0 Å². The number of hydrogen-bond acceptors (Lipinski definition) is 3. The highest BCUT2D eigenvalue weighted by molar-refractivity contribution is 6.35. The highest BCUT2D eigenvalue weighted by Crippen LogP contribution is 2.27. The number of carbonyl (C=O) groups excluding carboxylic acids is 1. The van der Waals surface area contributed by atoms with Gasteiger partial charge in [-0.2, -0.15) is 0 Å². The second-order valence-electron chi connectivity index (χ2n) is 4.00. The van der Waals surface area contributed by atoms with Crippen molar-refractivity contribution in [1.29, 1.82) is 0 Å². The summed E-state index contributed by atoms with van der Waals surface area (Å²) in [5.41, 5.74) is 6.76. The van der Waals surface area contributed by atoms with Gasteiger partial charge in [0.2, 0.25) is 0 Å². The zero-order valence-electron chi connectivity index (χ0n) is 10.4. The minimum atomic E-state index is -0.325. The van der Waals surface area contributed by atoms with Crippen molar-refractivity contribution in [1.82, 2.24) is 0 Å². The topological polar surface area (TPSA) is 64.3 Å². The summed E-state index contributed by atoms with van der Waals surface area (Å²) in [5.74, 6) is 0.0705. The quantitative estimate of drug-likeness (QED) is 0.848. The van der Waals surface area contributed by atoms with E-state index in [1.165, 1.54) is 0 Å². The number of hydrogen-bond donors (Lipinski definition) is 2. The van der Waals surface area contributed by atoms with Gasteiger partial charge >= 0.3 is 0 Å². The van der Waals surface area contributed by atoms with Gasteiger partial charge in [0.15, 0.2) is 6.61 Å². The number of nitrogens with two attached hydrogens (primary N) is 1. The van der Waals surface area contributed by atoms with Crippen LogP contribution in [0.25, 0.3) is 0 Å². The summed E-state index contributed by atoms with van der Waals surface area (Å²) < 4.78 is 5.32. The summed E-state index contributed by atoms with van der Waals surface area (Å²) in [6.45, 7) is -0.171. The standard InChI is InChI=1S/C14H12Cl2N2O2/c15-9-5-6-13(10(16)7-9)20-8-14(19)18-12-4-2-1-3-11(12)17/h1-7H,8,17H2,(H,18,19). The Morgan fingerprint density at radius 3 is 2.65 bits per heavy atom. The van der Waals surface area contributed by atoms with Crippen LogP contribution in [0.3, 0.4) is 0 Å². The van der Waals surface area contributed by atoms with E-state index in [0.29, 0.717) is 27.2 Å². The SMILES string of the molecule is Nc1ccccc1NC(=O)COc1ccc(Cl)cc1Cl. The van der Waals surface area contributed by atoms with Gasteiger partial charge in [-0.3, -0.25) is 4.79 Å². The van der Waals surface area contributed by atoms with Crippen molar-refractivity contribution < 1.29 is 9.53 Å². The predicted molar refractivity (Wildman–Crippen MR) is 81.4 cm³/mol. The molecule has 0 atom stereocenters. The molecule has 0 saturated heterocycles. The van der Waals surface area contributed by atoms with Crippen LogP contribution in [0.15, 0.2) is 42.5 Å². The molecule has 0 unspecified atom stereocenters. The molecule has 0 aliphatic rings. The van der Waals surface area contributed by atoms with E-state index in [-0.39, 0.29) is 12.5 Å². The van der Waals surface area contributed by atoms with Gasteiger partial charge in [-0.15, -0.1) is 0 Å². The summed E-state index contributed by atoms with van der Waals surface area (Å²) in [6.07, 6.45) is 0. The maximum Gasteiger partial charge on any atom is 0.262 e. The Balaban J connectivity index is 1.94. The molecule has 3 N–H and O–H groups in total. The number of anilines is 2. The molecule has 0 heterocycles. The number of carbonyl (C=O) groups is 1. The van der Waals surface area contributed by atoms with Gasteiger partial charge in [0.25, 0.3) is 5.91 Å². The van der Waals surface area contributed by atoms with Crippen LogP contribution in [-0.4, -0.2) is 12.5 Å². The smallest absolute Gasteiger partial charge is 0.262 e. The summed E-state index contributed by atoms with van der Waals surface area (Å²) in [6, 6.07) is 11.8. The zero-order chi connectivity index (χ0) is 14.5. The number of ether oxygens (including phenoxy) is 1. The Labute approximate surface area is 126 Å². The minimum absolute atomic E-state index is 0.171. The molecule has 0 bridgehead atoms. The van der Waals surface area contributed by atoms with Crippen molar-refractivity contribution in [2.75, 3.05) is 17.7 Å². The first-order valence-corrected chi connectivity index (χ1v) is 6.54. The molecule has 0 aliphatic carbocycles. The third kappa shape index (κ3) is 3.79. The number of benzene rings is 2. The zero-order valence-corrected chi connectivity index (χ0v) is 11.9. The number of nitrogen functional groups attached to an aromatic ring is 1. The molecule has 1 amide bonds. The first-order chi connectivity index (χ1) is 9.56. The maximum atomic E-state index is 11.8. The molecular weight excluding hydrogens is 299 g/mol. The highest BCUT2D eigenvalue weighted by Gasteiger charge is 2.08. The monoisotopic (exact) mass is 310 g/mol. The van der Waals surface area contributed by atoms with Crippen molar-refractivity contribution in [2.24, 2.45) is 0 Å². The van der Waals surface area contributed by atoms with E-state index >= 15 is 0 Å². The maximum absolute atomic E-state index is 11.8. The van der Waals surface area contributed by atoms with Crippen LogP contribution in [0.4, 0.5) is 11.4 Å². The fourth-order valence-electron chi connectivity index (χ4n) is 1.53. The Hall–Kier alpha value is -1.91. The van der Waals surface area contributed by atoms with E-state index in [9.17, 15) is 4.79 Å². The lowest BCUT2D eigenvalue weighted by Gasteiger charge is -2.10. The van der Waals surface area contributed by atoms with Crippen molar-refractivity contribution in [3.8, 4) is 5.75 Å². The molecule has 4 nitrogen and oxygen atoms in total. The molecule has 0 spiro atoms. The summed E-state index contributed by atoms with van der Waals surface area (Å²) in [5, 5.41) is 3.51. The Kier molecular flexibility index (Phi) is 4.71. The molecule has 2 aromatic rings. The summed E-state index contributed by atoms with van der Waals surface area (Å²) in [7, 11) is 0. The van der Waals surface area contributed by atoms with Crippen LogP contribution in [0.2, 0.25) is 10.0 Å². The predicted octanol–water partition coefficient (Wildman–Crippen LogP) is 3.59. The van der Waals surface area contributed by atoms with E-state index < -0.39 is 0 Å². The molecule has 0 aliphatic heterocycles. The second-order valence-corrected chi connectivity index (χ2v) is 4.84. The minimum Gasteiger partial charge on any atom is -0.482 e. The van der Waals surface area contributed by atoms with Crippen molar-refractivity contribution >= 4 is 40.5 Å². The Morgan fingerprint density at radius 1 is 1.20 bits per heavy atom. The third-order valence-corrected chi connectivity index (χ3v) is 3.02.